The lowest BCUT2D eigenvalue weighted by atomic mass is 9.77. The maximum absolute atomic E-state index is 13.9. The summed E-state index contributed by atoms with van der Waals surface area (Å²) in [4.78, 5) is 0. The second-order valence-corrected chi connectivity index (χ2v) is 3.92. The van der Waals surface area contributed by atoms with E-state index >= 15 is 0 Å². The molecule has 0 amide bonds. The van der Waals surface area contributed by atoms with Gasteiger partial charge in [-0.15, -0.1) is 0 Å². The molecule has 0 spiro atoms. The predicted molar refractivity (Wildman–Crippen MR) is 56.3 cm³/mol. The Morgan fingerprint density at radius 2 is 1.86 bits per heavy atom. The van der Waals surface area contributed by atoms with Crippen molar-refractivity contribution < 1.29 is 4.39 Å². The van der Waals surface area contributed by atoms with Gasteiger partial charge < -0.3 is 5.73 Å². The van der Waals surface area contributed by atoms with Gasteiger partial charge in [0.25, 0.3) is 0 Å². The van der Waals surface area contributed by atoms with Crippen LogP contribution in [0.1, 0.15) is 30.4 Å². The molecular formula is C12H14FN. The van der Waals surface area contributed by atoms with Gasteiger partial charge in [0.15, 0.2) is 0 Å². The molecule has 1 aromatic rings. The molecule has 2 N–H and O–H groups in total. The number of alkyl halides is 1. The zero-order valence-corrected chi connectivity index (χ0v) is 8.09. The van der Waals surface area contributed by atoms with Crippen molar-refractivity contribution in [3.8, 4) is 0 Å². The minimum absolute atomic E-state index is 0.526. The van der Waals surface area contributed by atoms with E-state index < -0.39 is 5.67 Å². The van der Waals surface area contributed by atoms with Gasteiger partial charge >= 0.3 is 0 Å². The van der Waals surface area contributed by atoms with E-state index in [1.807, 2.05) is 24.3 Å². The van der Waals surface area contributed by atoms with E-state index in [-0.39, 0.29) is 0 Å². The largest absolute Gasteiger partial charge is 0.399 e. The standard InChI is InChI=1S/C12H14FN/c1-9(14)10-3-5-11(6-4-10)12(13)7-2-8-12/h3-6H,1-2,7-8,14H2. The summed E-state index contributed by atoms with van der Waals surface area (Å²) in [5.41, 5.74) is 6.63. The highest BCUT2D eigenvalue weighted by Gasteiger charge is 2.38. The van der Waals surface area contributed by atoms with Crippen molar-refractivity contribution in [2.75, 3.05) is 0 Å². The van der Waals surface area contributed by atoms with Crippen molar-refractivity contribution in [3.63, 3.8) is 0 Å². The Morgan fingerprint density at radius 1 is 1.29 bits per heavy atom. The third kappa shape index (κ3) is 1.41. The zero-order valence-electron chi connectivity index (χ0n) is 8.09. The summed E-state index contributed by atoms with van der Waals surface area (Å²) in [6.45, 7) is 3.64. The molecule has 2 heteroatoms. The first kappa shape index (κ1) is 9.25. The Morgan fingerprint density at radius 3 is 2.21 bits per heavy atom. The molecule has 1 nitrogen and oxygen atoms in total. The molecule has 14 heavy (non-hydrogen) atoms. The molecule has 0 radical (unpaired) electrons. The highest BCUT2D eigenvalue weighted by atomic mass is 19.1. The van der Waals surface area contributed by atoms with Crippen LogP contribution in [0.15, 0.2) is 30.8 Å². The molecular weight excluding hydrogens is 177 g/mol. The Kier molecular flexibility index (Phi) is 2.06. The van der Waals surface area contributed by atoms with E-state index in [1.54, 1.807) is 0 Å². The molecule has 0 heterocycles. The fourth-order valence-corrected chi connectivity index (χ4v) is 1.76. The number of hydrogen-bond acceptors (Lipinski definition) is 1. The van der Waals surface area contributed by atoms with Crippen molar-refractivity contribution in [3.05, 3.63) is 42.0 Å². The lowest BCUT2D eigenvalue weighted by Gasteiger charge is -2.34. The van der Waals surface area contributed by atoms with E-state index in [2.05, 4.69) is 6.58 Å². The highest BCUT2D eigenvalue weighted by molar-refractivity contribution is 5.60. The molecule has 0 atom stereocenters. The quantitative estimate of drug-likeness (QED) is 0.764. The van der Waals surface area contributed by atoms with Crippen LogP contribution >= 0.6 is 0 Å². The molecule has 1 fully saturated rings. The number of halogens is 1. The van der Waals surface area contributed by atoms with Crippen LogP contribution in [-0.4, -0.2) is 0 Å². The summed E-state index contributed by atoms with van der Waals surface area (Å²) in [7, 11) is 0. The van der Waals surface area contributed by atoms with E-state index in [1.165, 1.54) is 0 Å². The lowest BCUT2D eigenvalue weighted by Crippen LogP contribution is -2.28. The smallest absolute Gasteiger partial charge is 0.136 e. The van der Waals surface area contributed by atoms with Gasteiger partial charge in [0.1, 0.15) is 5.67 Å². The van der Waals surface area contributed by atoms with Crippen molar-refractivity contribution in [2.45, 2.75) is 24.9 Å². The minimum atomic E-state index is -1.07. The Hall–Kier alpha value is -1.31. The monoisotopic (exact) mass is 191 g/mol. The summed E-state index contributed by atoms with van der Waals surface area (Å²) < 4.78 is 13.9. The average Bonchev–Trinajstić information content (AvgIpc) is 2.14. The summed E-state index contributed by atoms with van der Waals surface area (Å²) >= 11 is 0. The van der Waals surface area contributed by atoms with Crippen molar-refractivity contribution >= 4 is 5.70 Å². The third-order valence-corrected chi connectivity index (χ3v) is 2.92. The average molecular weight is 191 g/mol. The summed E-state index contributed by atoms with van der Waals surface area (Å²) in [6, 6.07) is 7.29. The maximum atomic E-state index is 13.9. The van der Waals surface area contributed by atoms with Crippen LogP contribution in [0.3, 0.4) is 0 Å². The van der Waals surface area contributed by atoms with Crippen LogP contribution in [-0.2, 0) is 5.67 Å². The van der Waals surface area contributed by atoms with Crippen LogP contribution in [0.25, 0.3) is 5.70 Å². The topological polar surface area (TPSA) is 26.0 Å². The molecule has 0 unspecified atom stereocenters. The van der Waals surface area contributed by atoms with Crippen LogP contribution in [0.5, 0.6) is 0 Å². The Labute approximate surface area is 83.4 Å². The molecule has 1 aromatic carbocycles. The fraction of sp³-hybridized carbons (Fsp3) is 0.333. The van der Waals surface area contributed by atoms with Gasteiger partial charge in [0, 0.05) is 5.70 Å². The van der Waals surface area contributed by atoms with Gasteiger partial charge in [-0.25, -0.2) is 4.39 Å². The first-order valence-corrected chi connectivity index (χ1v) is 4.86. The summed E-state index contributed by atoms with van der Waals surface area (Å²) in [6.07, 6.45) is 2.29. The molecule has 0 aliphatic heterocycles. The van der Waals surface area contributed by atoms with Crippen LogP contribution in [0.2, 0.25) is 0 Å². The Balaban J connectivity index is 2.25. The lowest BCUT2D eigenvalue weighted by molar-refractivity contribution is 0.0609. The van der Waals surface area contributed by atoms with Gasteiger partial charge in [-0.2, -0.15) is 0 Å². The first-order valence-electron chi connectivity index (χ1n) is 4.86. The Bertz CT molecular complexity index is 349. The van der Waals surface area contributed by atoms with Gasteiger partial charge in [0.2, 0.25) is 0 Å². The molecule has 0 bridgehead atoms. The van der Waals surface area contributed by atoms with Gasteiger partial charge in [-0.05, 0) is 30.4 Å². The van der Waals surface area contributed by atoms with Gasteiger partial charge in [0.05, 0.1) is 0 Å². The van der Waals surface area contributed by atoms with Crippen molar-refractivity contribution in [1.29, 1.82) is 0 Å². The van der Waals surface area contributed by atoms with Crippen LogP contribution in [0.4, 0.5) is 4.39 Å². The van der Waals surface area contributed by atoms with Crippen molar-refractivity contribution in [1.82, 2.24) is 0 Å². The summed E-state index contributed by atoms with van der Waals surface area (Å²) in [5, 5.41) is 0. The minimum Gasteiger partial charge on any atom is -0.399 e. The number of hydrogen-bond donors (Lipinski definition) is 1. The van der Waals surface area contributed by atoms with E-state index in [0.29, 0.717) is 18.5 Å². The molecule has 1 aliphatic carbocycles. The highest BCUT2D eigenvalue weighted by Crippen LogP contribution is 2.44. The van der Waals surface area contributed by atoms with Crippen molar-refractivity contribution in [2.24, 2.45) is 5.73 Å². The molecule has 0 aromatic heterocycles. The molecule has 2 rings (SSSR count). The van der Waals surface area contributed by atoms with Crippen LogP contribution < -0.4 is 5.73 Å². The zero-order chi connectivity index (χ0) is 10.2. The van der Waals surface area contributed by atoms with E-state index in [4.69, 9.17) is 5.73 Å². The van der Waals surface area contributed by atoms with E-state index in [0.717, 1.165) is 17.5 Å². The maximum Gasteiger partial charge on any atom is 0.136 e. The molecule has 74 valence electrons. The second-order valence-electron chi connectivity index (χ2n) is 3.92. The van der Waals surface area contributed by atoms with Gasteiger partial charge in [-0.1, -0.05) is 30.8 Å². The number of benzene rings is 1. The SMILES string of the molecule is C=C(N)c1ccc(C2(F)CCC2)cc1. The predicted octanol–water partition coefficient (Wildman–Crippen LogP) is 2.96. The van der Waals surface area contributed by atoms with E-state index in [9.17, 15) is 4.39 Å². The number of rotatable bonds is 2. The normalized spacial score (nSPS) is 18.6. The number of nitrogens with two attached hydrogens (primary N) is 1. The summed E-state index contributed by atoms with van der Waals surface area (Å²) in [5.74, 6) is 0. The van der Waals surface area contributed by atoms with Crippen LogP contribution in [0, 0.1) is 0 Å². The van der Waals surface area contributed by atoms with Gasteiger partial charge in [-0.3, -0.25) is 0 Å². The molecule has 1 aliphatic rings. The third-order valence-electron chi connectivity index (χ3n) is 2.92. The molecule has 1 saturated carbocycles. The molecule has 0 saturated heterocycles. The first-order chi connectivity index (χ1) is 6.62. The fourth-order valence-electron chi connectivity index (χ4n) is 1.76. The second kappa shape index (κ2) is 3.12.